The first kappa shape index (κ1) is 32.6. The Labute approximate surface area is 274 Å². The van der Waals surface area contributed by atoms with Crippen LogP contribution in [0.25, 0.3) is 10.9 Å². The minimum Gasteiger partial charge on any atom is -0.494 e. The molecule has 10 heteroatoms. The molecular weight excluding hydrogens is 606 g/mol. The molecule has 4 aromatic rings. The number of para-hydroxylation sites is 1. The van der Waals surface area contributed by atoms with Crippen molar-refractivity contribution in [2.45, 2.75) is 55.2 Å². The zero-order valence-corrected chi connectivity index (χ0v) is 27.5. The van der Waals surface area contributed by atoms with E-state index in [0.717, 1.165) is 47.3 Å². The number of ether oxygens (including phenoxy) is 1. The monoisotopic (exact) mass is 645 g/mol. The van der Waals surface area contributed by atoms with Crippen molar-refractivity contribution in [1.29, 1.82) is 0 Å². The maximum atomic E-state index is 13.5. The number of benzene rings is 3. The second-order valence-corrected chi connectivity index (χ2v) is 13.2. The van der Waals surface area contributed by atoms with Crippen LogP contribution in [0.2, 0.25) is 5.02 Å². The molecule has 1 aromatic heterocycles. The van der Waals surface area contributed by atoms with Crippen LogP contribution < -0.4 is 20.3 Å². The summed E-state index contributed by atoms with van der Waals surface area (Å²) in [5.41, 5.74) is 1.48. The van der Waals surface area contributed by atoms with Crippen LogP contribution in [0.5, 0.6) is 5.75 Å². The molecule has 1 aliphatic carbocycles. The smallest absolute Gasteiger partial charge is 0.233 e. The summed E-state index contributed by atoms with van der Waals surface area (Å²) in [5, 5.41) is 7.80. The largest absolute Gasteiger partial charge is 0.494 e. The lowest BCUT2D eigenvalue weighted by Gasteiger charge is -2.30. The number of fused-ring (bicyclic) bond motifs is 1. The van der Waals surface area contributed by atoms with E-state index < -0.39 is 5.25 Å². The number of hydrogen-bond donors (Lipinski definition) is 2. The highest BCUT2D eigenvalue weighted by Crippen LogP contribution is 2.30. The van der Waals surface area contributed by atoms with E-state index in [-0.39, 0.29) is 24.2 Å². The van der Waals surface area contributed by atoms with Gasteiger partial charge in [-0.1, -0.05) is 23.7 Å². The first-order valence-electron chi connectivity index (χ1n) is 15.5. The van der Waals surface area contributed by atoms with Gasteiger partial charge in [-0.2, -0.15) is 4.98 Å². The van der Waals surface area contributed by atoms with E-state index in [1.165, 1.54) is 11.8 Å². The van der Waals surface area contributed by atoms with E-state index >= 15 is 0 Å². The summed E-state index contributed by atoms with van der Waals surface area (Å²) in [4.78, 5) is 39.2. The van der Waals surface area contributed by atoms with Gasteiger partial charge in [-0.15, -0.1) is 11.8 Å². The second kappa shape index (κ2) is 15.5. The summed E-state index contributed by atoms with van der Waals surface area (Å²) < 4.78 is 5.50. The Balaban J connectivity index is 1.17. The van der Waals surface area contributed by atoms with Gasteiger partial charge in [-0.3, -0.25) is 9.59 Å². The lowest BCUT2D eigenvalue weighted by Crippen LogP contribution is -2.39. The van der Waals surface area contributed by atoms with Crippen molar-refractivity contribution in [3.05, 3.63) is 83.4 Å². The van der Waals surface area contributed by atoms with Crippen LogP contribution in [0.3, 0.4) is 0 Å². The Bertz CT molecular complexity index is 1590. The first-order chi connectivity index (χ1) is 21.8. The number of carbonyl (C=O) groups excluding carboxylic acids is 2. The van der Waals surface area contributed by atoms with Crippen LogP contribution in [-0.4, -0.2) is 60.2 Å². The average Bonchev–Trinajstić information content (AvgIpc) is 3.05. The highest BCUT2D eigenvalue weighted by atomic mass is 35.5. The Morgan fingerprint density at radius 3 is 2.38 bits per heavy atom. The summed E-state index contributed by atoms with van der Waals surface area (Å²) >= 11 is 7.47. The number of amides is 1. The molecule has 0 bridgehead atoms. The summed E-state index contributed by atoms with van der Waals surface area (Å²) in [6, 6.07) is 22.8. The maximum absolute atomic E-state index is 13.5. The van der Waals surface area contributed by atoms with Gasteiger partial charge in [0.15, 0.2) is 5.78 Å². The maximum Gasteiger partial charge on any atom is 0.233 e. The molecule has 5 rings (SSSR count). The number of nitrogens with one attached hydrogen (secondary N) is 2. The number of rotatable bonds is 13. The third kappa shape index (κ3) is 8.89. The molecule has 236 valence electrons. The molecule has 1 saturated carbocycles. The third-order valence-corrected chi connectivity index (χ3v) is 9.46. The zero-order chi connectivity index (χ0) is 31.8. The van der Waals surface area contributed by atoms with Gasteiger partial charge in [0, 0.05) is 54.0 Å². The van der Waals surface area contributed by atoms with Gasteiger partial charge in [-0.25, -0.2) is 4.98 Å². The fourth-order valence-corrected chi connectivity index (χ4v) is 6.75. The van der Waals surface area contributed by atoms with Crippen LogP contribution in [0, 0.1) is 5.92 Å². The van der Waals surface area contributed by atoms with E-state index in [1.54, 1.807) is 36.4 Å². The molecule has 0 radical (unpaired) electrons. The zero-order valence-electron chi connectivity index (χ0n) is 26.0. The van der Waals surface area contributed by atoms with Crippen molar-refractivity contribution in [3.63, 3.8) is 0 Å². The van der Waals surface area contributed by atoms with Crippen molar-refractivity contribution >= 4 is 57.7 Å². The highest BCUT2D eigenvalue weighted by molar-refractivity contribution is 8.00. The third-order valence-electron chi connectivity index (χ3n) is 7.99. The number of halogens is 1. The number of nitrogens with zero attached hydrogens (tertiary/aromatic N) is 3. The highest BCUT2D eigenvalue weighted by Gasteiger charge is 2.27. The molecule has 1 unspecified atom stereocenters. The van der Waals surface area contributed by atoms with Crippen LogP contribution in [-0.2, 0) is 4.79 Å². The van der Waals surface area contributed by atoms with Gasteiger partial charge in [-0.05, 0) is 99.2 Å². The van der Waals surface area contributed by atoms with Gasteiger partial charge in [0.2, 0.25) is 11.9 Å². The SMILES string of the molecule is CCOc1ccc(C(=O)CC(Sc2ccc(Cl)cc2)C(=O)NC[C@H]2CC[C@@H](Nc3nc(N(C)C)c4ccccc4n3)CC2)cc1. The van der Waals surface area contributed by atoms with E-state index in [0.29, 0.717) is 41.4 Å². The van der Waals surface area contributed by atoms with E-state index in [2.05, 4.69) is 10.6 Å². The van der Waals surface area contributed by atoms with Gasteiger partial charge >= 0.3 is 0 Å². The second-order valence-electron chi connectivity index (χ2n) is 11.5. The number of carbonyl (C=O) groups is 2. The standard InChI is InChI=1S/C35H40ClN5O3S/c1-4-44-27-17-11-24(12-18-27)31(42)21-32(45-28-19-13-25(36)14-20-28)34(43)37-22-23-9-15-26(16-10-23)38-35-39-30-8-6-5-7-29(30)33(40-35)41(2)3/h5-8,11-14,17-20,23,26,32H,4,9-10,15-16,21-22H2,1-3H3,(H,37,43)(H,38,39,40)/t23-,26+,32?. The molecule has 0 aliphatic heterocycles. The number of thioether (sulfide) groups is 1. The molecule has 2 N–H and O–H groups in total. The number of hydrogen-bond acceptors (Lipinski definition) is 8. The molecule has 45 heavy (non-hydrogen) atoms. The van der Waals surface area contributed by atoms with Gasteiger partial charge in [0.05, 0.1) is 17.4 Å². The van der Waals surface area contributed by atoms with E-state index in [1.807, 2.05) is 62.3 Å². The predicted molar refractivity (Wildman–Crippen MR) is 184 cm³/mol. The molecule has 1 heterocycles. The quantitative estimate of drug-likeness (QED) is 0.116. The normalized spacial score (nSPS) is 17.0. The average molecular weight is 646 g/mol. The van der Waals surface area contributed by atoms with Gasteiger partial charge < -0.3 is 20.3 Å². The van der Waals surface area contributed by atoms with Gasteiger partial charge in [0.1, 0.15) is 11.6 Å². The number of Topliss-reactive ketones (excluding diaryl/α,β-unsaturated/α-hetero) is 1. The minimum absolute atomic E-state index is 0.0837. The Kier molecular flexibility index (Phi) is 11.2. The Hall–Kier alpha value is -3.82. The van der Waals surface area contributed by atoms with E-state index in [4.69, 9.17) is 26.3 Å². The fourth-order valence-electron chi connectivity index (χ4n) is 5.57. The van der Waals surface area contributed by atoms with Crippen molar-refractivity contribution in [3.8, 4) is 5.75 Å². The van der Waals surface area contributed by atoms with Crippen molar-refractivity contribution in [2.75, 3.05) is 37.5 Å². The molecule has 1 fully saturated rings. The summed E-state index contributed by atoms with van der Waals surface area (Å²) in [5.74, 6) is 2.41. The molecule has 1 atom stereocenters. The minimum atomic E-state index is -0.570. The molecule has 0 saturated heterocycles. The number of aromatic nitrogens is 2. The molecule has 1 amide bonds. The van der Waals surface area contributed by atoms with Crippen LogP contribution in [0.15, 0.2) is 77.7 Å². The number of ketones is 1. The number of anilines is 2. The predicted octanol–water partition coefficient (Wildman–Crippen LogP) is 7.27. The molecule has 0 spiro atoms. The van der Waals surface area contributed by atoms with Crippen molar-refractivity contribution < 1.29 is 14.3 Å². The molecule has 1 aliphatic rings. The fraction of sp³-hybridized carbons (Fsp3) is 0.371. The first-order valence-corrected chi connectivity index (χ1v) is 16.7. The van der Waals surface area contributed by atoms with Crippen LogP contribution >= 0.6 is 23.4 Å². The molecule has 8 nitrogen and oxygen atoms in total. The van der Waals surface area contributed by atoms with Crippen molar-refractivity contribution in [2.24, 2.45) is 5.92 Å². The van der Waals surface area contributed by atoms with E-state index in [9.17, 15) is 9.59 Å². The van der Waals surface area contributed by atoms with Crippen molar-refractivity contribution in [1.82, 2.24) is 15.3 Å². The summed E-state index contributed by atoms with van der Waals surface area (Å²) in [6.45, 7) is 3.06. The molecule has 3 aromatic carbocycles. The summed E-state index contributed by atoms with van der Waals surface area (Å²) in [7, 11) is 3.99. The van der Waals surface area contributed by atoms with Crippen LogP contribution in [0.4, 0.5) is 11.8 Å². The molecular formula is C35H40ClN5O3S. The van der Waals surface area contributed by atoms with Gasteiger partial charge in [0.25, 0.3) is 0 Å². The van der Waals surface area contributed by atoms with Crippen LogP contribution in [0.1, 0.15) is 49.4 Å². The lowest BCUT2D eigenvalue weighted by atomic mass is 9.86. The Morgan fingerprint density at radius 1 is 0.978 bits per heavy atom. The topological polar surface area (TPSA) is 96.5 Å². The Morgan fingerprint density at radius 2 is 1.69 bits per heavy atom. The summed E-state index contributed by atoms with van der Waals surface area (Å²) in [6.07, 6.45) is 3.98. The lowest BCUT2D eigenvalue weighted by molar-refractivity contribution is -0.120.